The molecular formula is C12H21NO2. The van der Waals surface area contributed by atoms with E-state index in [-0.39, 0.29) is 5.60 Å². The van der Waals surface area contributed by atoms with E-state index < -0.39 is 0 Å². The SMILES string of the molecule is CCC(C)(C)OCc1ccc(CNC)o1. The van der Waals surface area contributed by atoms with E-state index in [9.17, 15) is 0 Å². The minimum atomic E-state index is -0.0735. The zero-order valence-electron chi connectivity index (χ0n) is 10.1. The van der Waals surface area contributed by atoms with Crippen LogP contribution in [0.3, 0.4) is 0 Å². The topological polar surface area (TPSA) is 34.4 Å². The lowest BCUT2D eigenvalue weighted by molar-refractivity contribution is -0.0386. The van der Waals surface area contributed by atoms with Crippen LogP contribution in [-0.2, 0) is 17.9 Å². The van der Waals surface area contributed by atoms with Gasteiger partial charge in [-0.25, -0.2) is 0 Å². The summed E-state index contributed by atoms with van der Waals surface area (Å²) in [5, 5.41) is 3.05. The fourth-order valence-corrected chi connectivity index (χ4v) is 1.14. The average molecular weight is 211 g/mol. The molecule has 0 aliphatic heterocycles. The first-order valence-electron chi connectivity index (χ1n) is 5.43. The maximum Gasteiger partial charge on any atom is 0.129 e. The van der Waals surface area contributed by atoms with Crippen molar-refractivity contribution in [2.24, 2.45) is 0 Å². The molecule has 0 bridgehead atoms. The normalized spacial score (nSPS) is 12.0. The molecule has 0 saturated carbocycles. The van der Waals surface area contributed by atoms with Crippen molar-refractivity contribution >= 4 is 0 Å². The van der Waals surface area contributed by atoms with Gasteiger partial charge in [0, 0.05) is 0 Å². The van der Waals surface area contributed by atoms with Gasteiger partial charge in [-0.05, 0) is 39.4 Å². The summed E-state index contributed by atoms with van der Waals surface area (Å²) in [4.78, 5) is 0. The van der Waals surface area contributed by atoms with Gasteiger partial charge < -0.3 is 14.5 Å². The highest BCUT2D eigenvalue weighted by Crippen LogP contribution is 2.17. The molecule has 0 aliphatic rings. The van der Waals surface area contributed by atoms with Gasteiger partial charge in [0.25, 0.3) is 0 Å². The van der Waals surface area contributed by atoms with E-state index in [4.69, 9.17) is 9.15 Å². The number of furan rings is 1. The van der Waals surface area contributed by atoms with E-state index in [1.807, 2.05) is 19.2 Å². The summed E-state index contributed by atoms with van der Waals surface area (Å²) >= 11 is 0. The highest BCUT2D eigenvalue weighted by molar-refractivity contribution is 5.06. The summed E-state index contributed by atoms with van der Waals surface area (Å²) in [5.41, 5.74) is -0.0735. The first-order valence-corrected chi connectivity index (χ1v) is 5.43. The predicted molar refractivity (Wildman–Crippen MR) is 60.6 cm³/mol. The minimum Gasteiger partial charge on any atom is -0.462 e. The quantitative estimate of drug-likeness (QED) is 0.785. The molecule has 1 N–H and O–H groups in total. The second kappa shape index (κ2) is 5.33. The van der Waals surface area contributed by atoms with Crippen molar-refractivity contribution < 1.29 is 9.15 Å². The van der Waals surface area contributed by atoms with E-state index in [1.165, 1.54) is 0 Å². The lowest BCUT2D eigenvalue weighted by atomic mass is 10.1. The summed E-state index contributed by atoms with van der Waals surface area (Å²) in [6.07, 6.45) is 0.997. The Hall–Kier alpha value is -0.800. The molecular weight excluding hydrogens is 190 g/mol. The smallest absolute Gasteiger partial charge is 0.129 e. The molecule has 0 radical (unpaired) electrons. The monoisotopic (exact) mass is 211 g/mol. The predicted octanol–water partition coefficient (Wildman–Crippen LogP) is 2.70. The van der Waals surface area contributed by atoms with Gasteiger partial charge >= 0.3 is 0 Å². The summed E-state index contributed by atoms with van der Waals surface area (Å²) < 4.78 is 11.3. The van der Waals surface area contributed by atoms with E-state index in [0.29, 0.717) is 6.61 Å². The first kappa shape index (κ1) is 12.3. The van der Waals surface area contributed by atoms with Crippen LogP contribution in [0.4, 0.5) is 0 Å². The highest BCUT2D eigenvalue weighted by Gasteiger charge is 2.16. The Labute approximate surface area is 91.8 Å². The molecule has 15 heavy (non-hydrogen) atoms. The van der Waals surface area contributed by atoms with Crippen LogP contribution in [0.15, 0.2) is 16.5 Å². The van der Waals surface area contributed by atoms with Crippen molar-refractivity contribution in [2.45, 2.75) is 45.9 Å². The highest BCUT2D eigenvalue weighted by atomic mass is 16.5. The van der Waals surface area contributed by atoms with Crippen LogP contribution in [0.2, 0.25) is 0 Å². The Balaban J connectivity index is 2.44. The Morgan fingerprint density at radius 2 is 2.00 bits per heavy atom. The van der Waals surface area contributed by atoms with Crippen LogP contribution >= 0.6 is 0 Å². The standard InChI is InChI=1S/C12H21NO2/c1-5-12(2,3)14-9-11-7-6-10(15-11)8-13-4/h6-7,13H,5,8-9H2,1-4H3. The first-order chi connectivity index (χ1) is 7.07. The zero-order chi connectivity index (χ0) is 11.3. The third kappa shape index (κ3) is 4.06. The Kier molecular flexibility index (Phi) is 4.36. The molecule has 86 valence electrons. The van der Waals surface area contributed by atoms with Crippen LogP contribution in [-0.4, -0.2) is 12.6 Å². The van der Waals surface area contributed by atoms with Crippen molar-refractivity contribution in [3.8, 4) is 0 Å². The van der Waals surface area contributed by atoms with Crippen molar-refractivity contribution in [1.82, 2.24) is 5.32 Å². The van der Waals surface area contributed by atoms with E-state index >= 15 is 0 Å². The van der Waals surface area contributed by atoms with Crippen molar-refractivity contribution in [3.63, 3.8) is 0 Å². The maximum atomic E-state index is 5.74. The molecule has 1 heterocycles. The van der Waals surface area contributed by atoms with Crippen LogP contribution in [0.5, 0.6) is 0 Å². The Bertz CT molecular complexity index is 292. The van der Waals surface area contributed by atoms with Crippen LogP contribution in [0.25, 0.3) is 0 Å². The van der Waals surface area contributed by atoms with Crippen LogP contribution in [0.1, 0.15) is 38.7 Å². The average Bonchev–Trinajstić information content (AvgIpc) is 2.64. The molecule has 0 fully saturated rings. The minimum absolute atomic E-state index is 0.0735. The lowest BCUT2D eigenvalue weighted by Gasteiger charge is -2.22. The Morgan fingerprint density at radius 3 is 2.60 bits per heavy atom. The number of rotatable bonds is 6. The largest absolute Gasteiger partial charge is 0.462 e. The number of ether oxygens (including phenoxy) is 1. The van der Waals surface area contributed by atoms with E-state index in [2.05, 4.69) is 26.1 Å². The van der Waals surface area contributed by atoms with Crippen LogP contribution in [0, 0.1) is 0 Å². The van der Waals surface area contributed by atoms with E-state index in [1.54, 1.807) is 0 Å². The molecule has 0 spiro atoms. The molecule has 0 aliphatic carbocycles. The maximum absolute atomic E-state index is 5.74. The second-order valence-electron chi connectivity index (χ2n) is 4.30. The molecule has 0 saturated heterocycles. The summed E-state index contributed by atoms with van der Waals surface area (Å²) in [6.45, 7) is 7.60. The number of hydrogen-bond donors (Lipinski definition) is 1. The molecule has 1 aromatic heterocycles. The van der Waals surface area contributed by atoms with Gasteiger partial charge in [0.2, 0.25) is 0 Å². The molecule has 0 aromatic carbocycles. The zero-order valence-corrected chi connectivity index (χ0v) is 10.1. The van der Waals surface area contributed by atoms with Gasteiger partial charge in [0.05, 0.1) is 12.1 Å². The third-order valence-electron chi connectivity index (χ3n) is 2.52. The molecule has 1 rings (SSSR count). The van der Waals surface area contributed by atoms with Gasteiger partial charge in [-0.2, -0.15) is 0 Å². The molecule has 0 amide bonds. The van der Waals surface area contributed by atoms with Gasteiger partial charge in [-0.1, -0.05) is 6.92 Å². The third-order valence-corrected chi connectivity index (χ3v) is 2.52. The second-order valence-corrected chi connectivity index (χ2v) is 4.30. The summed E-state index contributed by atoms with van der Waals surface area (Å²) in [6, 6.07) is 3.95. The fourth-order valence-electron chi connectivity index (χ4n) is 1.14. The molecule has 3 heteroatoms. The van der Waals surface area contributed by atoms with Crippen molar-refractivity contribution in [2.75, 3.05) is 7.05 Å². The number of hydrogen-bond acceptors (Lipinski definition) is 3. The van der Waals surface area contributed by atoms with Gasteiger partial charge in [-0.3, -0.25) is 0 Å². The van der Waals surface area contributed by atoms with Gasteiger partial charge in [0.15, 0.2) is 0 Å². The fraction of sp³-hybridized carbons (Fsp3) is 0.667. The molecule has 1 aromatic rings. The molecule has 0 atom stereocenters. The summed E-state index contributed by atoms with van der Waals surface area (Å²) in [7, 11) is 1.90. The lowest BCUT2D eigenvalue weighted by Crippen LogP contribution is -2.22. The number of nitrogens with one attached hydrogen (secondary N) is 1. The van der Waals surface area contributed by atoms with Gasteiger partial charge in [-0.15, -0.1) is 0 Å². The molecule has 3 nitrogen and oxygen atoms in total. The van der Waals surface area contributed by atoms with Gasteiger partial charge in [0.1, 0.15) is 18.1 Å². The van der Waals surface area contributed by atoms with E-state index in [0.717, 1.165) is 24.5 Å². The van der Waals surface area contributed by atoms with Crippen molar-refractivity contribution in [3.05, 3.63) is 23.7 Å². The van der Waals surface area contributed by atoms with Crippen molar-refractivity contribution in [1.29, 1.82) is 0 Å². The van der Waals surface area contributed by atoms with Crippen LogP contribution < -0.4 is 5.32 Å². The molecule has 0 unspecified atom stereocenters. The Morgan fingerprint density at radius 1 is 1.33 bits per heavy atom. The summed E-state index contributed by atoms with van der Waals surface area (Å²) in [5.74, 6) is 1.84.